The number of carbonyl (C=O) groups is 2. The van der Waals surface area contributed by atoms with Gasteiger partial charge < -0.3 is 10.6 Å². The average molecular weight is 242 g/mol. The van der Waals surface area contributed by atoms with E-state index in [-0.39, 0.29) is 23.9 Å². The Kier molecular flexibility index (Phi) is 6.21. The third-order valence-electron chi connectivity index (χ3n) is 3.12. The van der Waals surface area contributed by atoms with Gasteiger partial charge in [-0.1, -0.05) is 13.8 Å². The SMILES string of the molecule is CCC(C)NC(=O)C(C)(C)C(=O)NC(C)CC. The molecule has 0 heterocycles. The molecule has 2 atom stereocenters. The third kappa shape index (κ3) is 4.75. The number of rotatable bonds is 6. The lowest BCUT2D eigenvalue weighted by Gasteiger charge is -2.26. The Morgan fingerprint density at radius 3 is 1.47 bits per heavy atom. The van der Waals surface area contributed by atoms with Crippen LogP contribution in [-0.4, -0.2) is 23.9 Å². The van der Waals surface area contributed by atoms with Crippen molar-refractivity contribution in [2.45, 2.75) is 66.5 Å². The van der Waals surface area contributed by atoms with Crippen LogP contribution < -0.4 is 10.6 Å². The zero-order valence-electron chi connectivity index (χ0n) is 11.9. The molecular weight excluding hydrogens is 216 g/mol. The minimum absolute atomic E-state index is 0.0955. The van der Waals surface area contributed by atoms with Gasteiger partial charge in [0.25, 0.3) is 0 Å². The minimum atomic E-state index is -1.02. The summed E-state index contributed by atoms with van der Waals surface area (Å²) in [6, 6.07) is 0.191. The van der Waals surface area contributed by atoms with E-state index in [2.05, 4.69) is 10.6 Å². The highest BCUT2D eigenvalue weighted by Gasteiger charge is 2.36. The van der Waals surface area contributed by atoms with Crippen molar-refractivity contribution < 1.29 is 9.59 Å². The number of hydrogen-bond donors (Lipinski definition) is 2. The fourth-order valence-corrected chi connectivity index (χ4v) is 1.12. The van der Waals surface area contributed by atoms with Crippen molar-refractivity contribution in [2.24, 2.45) is 5.41 Å². The molecule has 0 aliphatic carbocycles. The van der Waals surface area contributed by atoms with E-state index in [1.165, 1.54) is 0 Å². The molecule has 0 aromatic carbocycles. The molecule has 0 spiro atoms. The van der Waals surface area contributed by atoms with Crippen LogP contribution >= 0.6 is 0 Å². The summed E-state index contributed by atoms with van der Waals surface area (Å²) in [7, 11) is 0. The third-order valence-corrected chi connectivity index (χ3v) is 3.12. The average Bonchev–Trinajstić information content (AvgIpc) is 2.28. The maximum atomic E-state index is 12.0. The zero-order chi connectivity index (χ0) is 13.6. The van der Waals surface area contributed by atoms with Gasteiger partial charge in [0.15, 0.2) is 0 Å². The summed E-state index contributed by atoms with van der Waals surface area (Å²) in [4.78, 5) is 23.9. The van der Waals surface area contributed by atoms with Crippen LogP contribution in [0.4, 0.5) is 0 Å². The van der Waals surface area contributed by atoms with E-state index >= 15 is 0 Å². The molecule has 0 saturated heterocycles. The lowest BCUT2D eigenvalue weighted by molar-refractivity contribution is -0.142. The Morgan fingerprint density at radius 1 is 0.941 bits per heavy atom. The smallest absolute Gasteiger partial charge is 0.235 e. The van der Waals surface area contributed by atoms with Gasteiger partial charge in [0.2, 0.25) is 11.8 Å². The van der Waals surface area contributed by atoms with Crippen LogP contribution in [0.5, 0.6) is 0 Å². The Hall–Kier alpha value is -1.06. The Labute approximate surface area is 105 Å². The second-order valence-electron chi connectivity index (χ2n) is 5.19. The molecule has 0 rings (SSSR count). The molecule has 2 unspecified atom stereocenters. The normalized spacial score (nSPS) is 14.9. The van der Waals surface area contributed by atoms with Gasteiger partial charge in [0.1, 0.15) is 5.41 Å². The van der Waals surface area contributed by atoms with E-state index in [0.29, 0.717) is 0 Å². The van der Waals surface area contributed by atoms with Crippen LogP contribution in [-0.2, 0) is 9.59 Å². The fourth-order valence-electron chi connectivity index (χ4n) is 1.12. The van der Waals surface area contributed by atoms with E-state index in [4.69, 9.17) is 0 Å². The first-order valence-electron chi connectivity index (χ1n) is 6.37. The standard InChI is InChI=1S/C13H26N2O2/c1-7-9(3)14-11(16)13(5,6)12(17)15-10(4)8-2/h9-10H,7-8H2,1-6H3,(H,14,16)(H,15,17). The quantitative estimate of drug-likeness (QED) is 0.698. The summed E-state index contributed by atoms with van der Waals surface area (Å²) in [5, 5.41) is 5.68. The monoisotopic (exact) mass is 242 g/mol. The van der Waals surface area contributed by atoms with Gasteiger partial charge in [0.05, 0.1) is 0 Å². The highest BCUT2D eigenvalue weighted by atomic mass is 16.2. The molecule has 4 heteroatoms. The second kappa shape index (κ2) is 6.62. The molecule has 0 saturated carbocycles. The molecule has 0 aromatic heterocycles. The molecule has 0 bridgehead atoms. The van der Waals surface area contributed by atoms with Crippen molar-refractivity contribution in [3.63, 3.8) is 0 Å². The summed E-state index contributed by atoms with van der Waals surface area (Å²) in [5.74, 6) is -0.430. The molecule has 2 amide bonds. The largest absolute Gasteiger partial charge is 0.353 e. The zero-order valence-corrected chi connectivity index (χ0v) is 11.9. The Bertz CT molecular complexity index is 249. The number of amides is 2. The molecule has 4 nitrogen and oxygen atoms in total. The van der Waals surface area contributed by atoms with Gasteiger partial charge >= 0.3 is 0 Å². The summed E-state index contributed by atoms with van der Waals surface area (Å²) in [5.41, 5.74) is -1.02. The molecule has 17 heavy (non-hydrogen) atoms. The van der Waals surface area contributed by atoms with E-state index < -0.39 is 5.41 Å². The predicted octanol–water partition coefficient (Wildman–Crippen LogP) is 1.84. The molecule has 0 fully saturated rings. The van der Waals surface area contributed by atoms with E-state index in [1.807, 2.05) is 27.7 Å². The van der Waals surface area contributed by atoms with Crippen LogP contribution in [0.1, 0.15) is 54.4 Å². The Morgan fingerprint density at radius 2 is 1.24 bits per heavy atom. The fraction of sp³-hybridized carbons (Fsp3) is 0.846. The summed E-state index contributed by atoms with van der Waals surface area (Å²) < 4.78 is 0. The maximum Gasteiger partial charge on any atom is 0.235 e. The van der Waals surface area contributed by atoms with Crippen molar-refractivity contribution in [3.8, 4) is 0 Å². The highest BCUT2D eigenvalue weighted by Crippen LogP contribution is 2.16. The van der Waals surface area contributed by atoms with Gasteiger partial charge in [-0.2, -0.15) is 0 Å². The van der Waals surface area contributed by atoms with Crippen molar-refractivity contribution in [1.82, 2.24) is 10.6 Å². The predicted molar refractivity (Wildman–Crippen MR) is 69.6 cm³/mol. The first kappa shape index (κ1) is 15.9. The van der Waals surface area contributed by atoms with Gasteiger partial charge in [-0.3, -0.25) is 9.59 Å². The van der Waals surface area contributed by atoms with Crippen LogP contribution in [0.3, 0.4) is 0 Å². The summed E-state index contributed by atoms with van der Waals surface area (Å²) >= 11 is 0. The van der Waals surface area contributed by atoms with Gasteiger partial charge in [-0.15, -0.1) is 0 Å². The lowest BCUT2D eigenvalue weighted by atomic mass is 9.90. The molecular formula is C13H26N2O2. The molecule has 0 aliphatic heterocycles. The van der Waals surface area contributed by atoms with E-state index in [1.54, 1.807) is 13.8 Å². The van der Waals surface area contributed by atoms with Gasteiger partial charge in [-0.25, -0.2) is 0 Å². The van der Waals surface area contributed by atoms with Crippen LogP contribution in [0, 0.1) is 5.41 Å². The maximum absolute atomic E-state index is 12.0. The van der Waals surface area contributed by atoms with Crippen molar-refractivity contribution in [1.29, 1.82) is 0 Å². The first-order valence-corrected chi connectivity index (χ1v) is 6.37. The minimum Gasteiger partial charge on any atom is -0.353 e. The first-order chi connectivity index (χ1) is 7.75. The molecule has 0 radical (unpaired) electrons. The topological polar surface area (TPSA) is 58.2 Å². The lowest BCUT2D eigenvalue weighted by Crippen LogP contribution is -2.51. The van der Waals surface area contributed by atoms with Gasteiger partial charge in [0, 0.05) is 12.1 Å². The molecule has 2 N–H and O–H groups in total. The molecule has 0 aliphatic rings. The number of carbonyl (C=O) groups excluding carboxylic acids is 2. The number of hydrogen-bond acceptors (Lipinski definition) is 2. The molecule has 100 valence electrons. The highest BCUT2D eigenvalue weighted by molar-refractivity contribution is 6.04. The second-order valence-corrected chi connectivity index (χ2v) is 5.19. The Balaban J connectivity index is 4.53. The van der Waals surface area contributed by atoms with Crippen molar-refractivity contribution in [3.05, 3.63) is 0 Å². The molecule has 0 aromatic rings. The van der Waals surface area contributed by atoms with E-state index in [0.717, 1.165) is 12.8 Å². The number of nitrogens with one attached hydrogen (secondary N) is 2. The van der Waals surface area contributed by atoms with Crippen LogP contribution in [0.2, 0.25) is 0 Å². The van der Waals surface area contributed by atoms with E-state index in [9.17, 15) is 9.59 Å². The summed E-state index contributed by atoms with van der Waals surface area (Å²) in [6.45, 7) is 11.2. The van der Waals surface area contributed by atoms with Crippen molar-refractivity contribution in [2.75, 3.05) is 0 Å². The van der Waals surface area contributed by atoms with Crippen LogP contribution in [0.15, 0.2) is 0 Å². The van der Waals surface area contributed by atoms with Crippen molar-refractivity contribution >= 4 is 11.8 Å². The van der Waals surface area contributed by atoms with Gasteiger partial charge in [-0.05, 0) is 40.5 Å². The summed E-state index contributed by atoms with van der Waals surface area (Å²) in [6.07, 6.45) is 1.71. The van der Waals surface area contributed by atoms with Crippen LogP contribution in [0.25, 0.3) is 0 Å².